The van der Waals surface area contributed by atoms with Crippen molar-refractivity contribution < 1.29 is 27.8 Å². The summed E-state index contributed by atoms with van der Waals surface area (Å²) < 4.78 is 42.4. The van der Waals surface area contributed by atoms with Crippen LogP contribution in [0.1, 0.15) is 27.0 Å². The topological polar surface area (TPSA) is 80.8 Å². The number of nitrogens with zero attached hydrogens (tertiary/aromatic N) is 2. The van der Waals surface area contributed by atoms with Crippen LogP contribution in [0.25, 0.3) is 43.7 Å². The Morgan fingerprint density at radius 1 is 1.02 bits per heavy atom. The minimum atomic E-state index is -0.784. The smallest absolute Gasteiger partial charge is 0.251 e. The van der Waals surface area contributed by atoms with Crippen molar-refractivity contribution in [3.63, 3.8) is 0 Å². The first-order valence-corrected chi connectivity index (χ1v) is 15.7. The second kappa shape index (κ2) is 12.1. The summed E-state index contributed by atoms with van der Waals surface area (Å²) in [5.41, 5.74) is 6.64. The van der Waals surface area contributed by atoms with E-state index in [1.165, 1.54) is 30.6 Å². The monoisotopic (exact) mass is 637 g/mol. The molecule has 0 bridgehead atoms. The molecule has 0 saturated heterocycles. The van der Waals surface area contributed by atoms with Gasteiger partial charge in [0, 0.05) is 71.2 Å². The van der Waals surface area contributed by atoms with E-state index in [0.29, 0.717) is 54.1 Å². The van der Waals surface area contributed by atoms with E-state index in [0.717, 1.165) is 38.4 Å². The number of rotatable bonds is 8. The second-order valence-electron chi connectivity index (χ2n) is 11.2. The van der Waals surface area contributed by atoms with Crippen LogP contribution in [0.15, 0.2) is 72.6 Å². The fraction of sp³-hybridized carbons (Fsp3) is 0.194. The zero-order valence-corrected chi connectivity index (χ0v) is 25.8. The predicted octanol–water partition coefficient (Wildman–Crippen LogP) is 6.91. The number of halogens is 2. The highest BCUT2D eigenvalue weighted by molar-refractivity contribution is 7.18. The highest BCUT2D eigenvalue weighted by Gasteiger charge is 2.28. The number of amides is 2. The highest BCUT2D eigenvalue weighted by atomic mass is 32.1. The number of methoxy groups -OCH3 is 1. The Morgan fingerprint density at radius 3 is 2.63 bits per heavy atom. The van der Waals surface area contributed by atoms with Crippen molar-refractivity contribution in [2.45, 2.75) is 19.5 Å². The number of hydrogen-bond donors (Lipinski definition) is 1. The molecule has 10 heteroatoms. The molecular formula is C36H29F2N3O4S. The van der Waals surface area contributed by atoms with Crippen LogP contribution in [-0.4, -0.2) is 48.6 Å². The number of benzene rings is 3. The maximum absolute atomic E-state index is 16.0. The maximum Gasteiger partial charge on any atom is 0.251 e. The molecule has 0 radical (unpaired) electrons. The van der Waals surface area contributed by atoms with Gasteiger partial charge in [-0.1, -0.05) is 30.8 Å². The summed E-state index contributed by atoms with van der Waals surface area (Å²) >= 11 is 1.41. The summed E-state index contributed by atoms with van der Waals surface area (Å²) in [5.74, 6) is -1.80. The Balaban J connectivity index is 1.49. The van der Waals surface area contributed by atoms with E-state index in [1.807, 2.05) is 47.8 Å². The van der Waals surface area contributed by atoms with Crippen LogP contribution in [0.3, 0.4) is 0 Å². The number of nitrogens with one attached hydrogen (secondary N) is 1. The molecule has 4 heterocycles. The molecule has 2 aliphatic heterocycles. The van der Waals surface area contributed by atoms with Crippen molar-refractivity contribution >= 4 is 33.2 Å². The van der Waals surface area contributed by atoms with Gasteiger partial charge in [0.2, 0.25) is 5.91 Å². The van der Waals surface area contributed by atoms with Crippen molar-refractivity contribution in [3.8, 4) is 39.4 Å². The summed E-state index contributed by atoms with van der Waals surface area (Å²) in [7, 11) is 1.52. The summed E-state index contributed by atoms with van der Waals surface area (Å²) in [4.78, 5) is 32.0. The average molecular weight is 638 g/mol. The van der Waals surface area contributed by atoms with Crippen LogP contribution in [0, 0.1) is 11.6 Å². The van der Waals surface area contributed by atoms with E-state index in [4.69, 9.17) is 14.5 Å². The van der Waals surface area contributed by atoms with Gasteiger partial charge in [0.25, 0.3) is 5.91 Å². The van der Waals surface area contributed by atoms with Gasteiger partial charge in [-0.15, -0.1) is 11.3 Å². The Labute approximate surface area is 268 Å². The molecule has 0 aliphatic carbocycles. The van der Waals surface area contributed by atoms with Crippen molar-refractivity contribution in [1.82, 2.24) is 15.2 Å². The summed E-state index contributed by atoms with van der Waals surface area (Å²) in [5, 5.41) is 5.52. The van der Waals surface area contributed by atoms with E-state index in [-0.39, 0.29) is 36.3 Å². The molecule has 46 heavy (non-hydrogen) atoms. The number of fused-ring (bicyclic) bond motifs is 3. The normalized spacial score (nSPS) is 13.8. The van der Waals surface area contributed by atoms with Gasteiger partial charge in [0.15, 0.2) is 0 Å². The Hall–Kier alpha value is -4.93. The lowest BCUT2D eigenvalue weighted by Crippen LogP contribution is -2.34. The lowest BCUT2D eigenvalue weighted by atomic mass is 9.91. The van der Waals surface area contributed by atoms with Crippen molar-refractivity contribution in [3.05, 3.63) is 107 Å². The molecule has 5 aromatic rings. The number of hydrogen-bond acceptors (Lipinski definition) is 6. The first kappa shape index (κ1) is 29.8. The number of carbonyl (C=O) groups excluding carboxylic acids is 2. The van der Waals surface area contributed by atoms with Gasteiger partial charge in [-0.05, 0) is 52.8 Å². The molecule has 7 nitrogen and oxygen atoms in total. The third-order valence-corrected chi connectivity index (χ3v) is 9.40. The molecule has 0 unspecified atom stereocenters. The Morgan fingerprint density at radius 2 is 1.83 bits per heavy atom. The first-order chi connectivity index (χ1) is 22.4. The summed E-state index contributed by atoms with van der Waals surface area (Å²) in [6.07, 6.45) is 2.00. The zero-order chi connectivity index (χ0) is 31.9. The fourth-order valence-electron chi connectivity index (χ4n) is 6.21. The Kier molecular flexibility index (Phi) is 7.84. The first-order valence-electron chi connectivity index (χ1n) is 14.8. The lowest BCUT2D eigenvalue weighted by molar-refractivity contribution is -0.126. The maximum atomic E-state index is 16.0. The van der Waals surface area contributed by atoms with E-state index in [2.05, 4.69) is 11.9 Å². The lowest BCUT2D eigenvalue weighted by Gasteiger charge is -2.28. The zero-order valence-electron chi connectivity index (χ0n) is 25.0. The molecule has 0 fully saturated rings. The van der Waals surface area contributed by atoms with Crippen molar-refractivity contribution in [2.24, 2.45) is 0 Å². The van der Waals surface area contributed by atoms with Crippen molar-refractivity contribution in [2.75, 3.05) is 26.9 Å². The minimum absolute atomic E-state index is 0.0370. The average Bonchev–Trinajstić information content (AvgIpc) is 3.70. The van der Waals surface area contributed by atoms with Crippen LogP contribution in [0.2, 0.25) is 0 Å². The third-order valence-electron chi connectivity index (χ3n) is 8.47. The molecule has 0 saturated carbocycles. The molecule has 0 spiro atoms. The number of carbonyl (C=O) groups is 2. The molecule has 232 valence electrons. The molecule has 2 aromatic heterocycles. The quantitative estimate of drug-likeness (QED) is 0.148. The number of ether oxygens (including phenoxy) is 2. The van der Waals surface area contributed by atoms with Crippen LogP contribution in [0.4, 0.5) is 8.78 Å². The van der Waals surface area contributed by atoms with Gasteiger partial charge in [0.05, 0.1) is 23.6 Å². The number of aromatic nitrogens is 1. The van der Waals surface area contributed by atoms with Gasteiger partial charge in [-0.2, -0.15) is 0 Å². The molecule has 2 amide bonds. The van der Waals surface area contributed by atoms with E-state index < -0.39 is 11.6 Å². The molecule has 1 N–H and O–H groups in total. The van der Waals surface area contributed by atoms with Crippen LogP contribution < -0.4 is 10.1 Å². The second-order valence-corrected chi connectivity index (χ2v) is 12.1. The van der Waals surface area contributed by atoms with E-state index in [1.54, 1.807) is 4.90 Å². The van der Waals surface area contributed by atoms with Gasteiger partial charge in [-0.3, -0.25) is 9.59 Å². The molecule has 3 aromatic carbocycles. The predicted molar refractivity (Wildman–Crippen MR) is 174 cm³/mol. The summed E-state index contributed by atoms with van der Waals surface area (Å²) in [6, 6.07) is 15.6. The van der Waals surface area contributed by atoms with Crippen LogP contribution >= 0.6 is 11.3 Å². The van der Waals surface area contributed by atoms with Gasteiger partial charge in [0.1, 0.15) is 24.0 Å². The molecule has 2 aliphatic rings. The molecule has 7 rings (SSSR count). The van der Waals surface area contributed by atoms with Crippen LogP contribution in [0.5, 0.6) is 5.75 Å². The highest BCUT2D eigenvalue weighted by Crippen LogP contribution is 2.47. The fourth-order valence-corrected chi connectivity index (χ4v) is 7.16. The molecular weight excluding hydrogens is 608 g/mol. The Bertz CT molecular complexity index is 2060. The standard InChI is InChI=1S/C36H29F2N3O4S/c1-3-30(42)41-10-8-20-4-5-21(14-24(20)19-41)34-32(31-28(38)16-25(37)17-29(31)45-12-11-44-2)35-26(9-13-46-35)33(40-34)22-6-7-23-18-39-36(43)27(23)15-22/h3-7,9,13-17H,1,8,10-12,18-19H2,2H3,(H,39,43). The minimum Gasteiger partial charge on any atom is -0.490 e. The number of pyridine rings is 1. The van der Waals surface area contributed by atoms with Crippen LogP contribution in [-0.2, 0) is 29.0 Å². The SMILES string of the molecule is C=CC(=O)N1CCc2ccc(-c3nc(-c4ccc5c(c4)C(=O)NC5)c4ccsc4c3-c3c(F)cc(F)cc3OCCOC)cc2C1. The van der Waals surface area contributed by atoms with E-state index >= 15 is 4.39 Å². The van der Waals surface area contributed by atoms with Crippen molar-refractivity contribution in [1.29, 1.82) is 0 Å². The van der Waals surface area contributed by atoms with Gasteiger partial charge in [-0.25, -0.2) is 13.8 Å². The largest absolute Gasteiger partial charge is 0.490 e. The summed E-state index contributed by atoms with van der Waals surface area (Å²) in [6.45, 7) is 5.40. The molecule has 0 atom stereocenters. The third kappa shape index (κ3) is 5.23. The van der Waals surface area contributed by atoms with Gasteiger partial charge >= 0.3 is 0 Å². The number of thiophene rings is 1. The van der Waals surface area contributed by atoms with Gasteiger partial charge < -0.3 is 19.7 Å². The van der Waals surface area contributed by atoms with E-state index in [9.17, 15) is 14.0 Å².